The smallest absolute Gasteiger partial charge is 0.258 e. The number of aliphatic hydroxyl groups excluding tert-OH is 2. The number of hydrogen-bond donors (Lipinski definition) is 2. The summed E-state index contributed by atoms with van der Waals surface area (Å²) in [7, 11) is 3.45. The maximum Gasteiger partial charge on any atom is 0.258 e. The number of methoxy groups -OCH3 is 1. The van der Waals surface area contributed by atoms with Gasteiger partial charge in [0.25, 0.3) is 5.89 Å². The highest BCUT2D eigenvalue weighted by atomic mass is 35.5. The normalized spacial score (nSPS) is 12.2. The average Bonchev–Trinajstić information content (AvgIpc) is 3.26. The van der Waals surface area contributed by atoms with Crippen LogP contribution in [0, 0.1) is 6.92 Å². The highest BCUT2D eigenvalue weighted by Crippen LogP contribution is 2.39. The number of aryl methyl sites for hydroxylation is 1. The van der Waals surface area contributed by atoms with Crippen molar-refractivity contribution in [3.05, 3.63) is 35.0 Å². The second-order valence-corrected chi connectivity index (χ2v) is 8.03. The van der Waals surface area contributed by atoms with Gasteiger partial charge in [-0.25, -0.2) is 4.98 Å². The minimum atomic E-state index is -1.03. The predicted molar refractivity (Wildman–Crippen MR) is 121 cm³/mol. The van der Waals surface area contributed by atoms with Crippen molar-refractivity contribution in [1.82, 2.24) is 15.1 Å². The Morgan fingerprint density at radius 3 is 2.56 bits per heavy atom. The van der Waals surface area contributed by atoms with Gasteiger partial charge in [-0.2, -0.15) is 4.98 Å². The van der Waals surface area contributed by atoms with E-state index in [1.165, 1.54) is 7.11 Å². The van der Waals surface area contributed by atoms with E-state index in [1.807, 2.05) is 26.1 Å². The zero-order valence-corrected chi connectivity index (χ0v) is 19.4. The maximum atomic E-state index is 9.52. The van der Waals surface area contributed by atoms with Gasteiger partial charge in [0.2, 0.25) is 5.82 Å². The molecule has 1 aromatic carbocycles. The van der Waals surface area contributed by atoms with Crippen LogP contribution in [0.1, 0.15) is 19.5 Å². The summed E-state index contributed by atoms with van der Waals surface area (Å²) in [6.45, 7) is 5.53. The summed E-state index contributed by atoms with van der Waals surface area (Å²) in [5.41, 5.74) is 2.16. The minimum Gasteiger partial charge on any atom is -0.493 e. The van der Waals surface area contributed by atoms with Crippen LogP contribution < -0.4 is 14.4 Å². The van der Waals surface area contributed by atoms with Crippen molar-refractivity contribution >= 4 is 17.4 Å². The lowest BCUT2D eigenvalue weighted by atomic mass is 10.2. The Labute approximate surface area is 191 Å². The molecule has 0 unspecified atom stereocenters. The standard InChI is InChI=1S/C22H27ClN4O5/c1-12(2)27(4)19-9-15(6-13(3)24-19)22-25-21(26-32-22)14-7-17(23)20(18(8-14)30-5)31-11-16(29)10-28/h6-9,12,16,28-29H,10-11H2,1-5H3/t16-/m0/s1. The second kappa shape index (κ2) is 10.2. The van der Waals surface area contributed by atoms with E-state index in [0.717, 1.165) is 17.1 Å². The van der Waals surface area contributed by atoms with Crippen LogP contribution in [0.5, 0.6) is 11.5 Å². The molecule has 2 aromatic heterocycles. The summed E-state index contributed by atoms with van der Waals surface area (Å²) in [6, 6.07) is 7.35. The number of aliphatic hydroxyl groups is 2. The highest BCUT2D eigenvalue weighted by Gasteiger charge is 2.19. The van der Waals surface area contributed by atoms with Crippen LogP contribution in [-0.2, 0) is 0 Å². The van der Waals surface area contributed by atoms with E-state index in [4.69, 9.17) is 30.7 Å². The topological polar surface area (TPSA) is 114 Å². The van der Waals surface area contributed by atoms with E-state index >= 15 is 0 Å². The second-order valence-electron chi connectivity index (χ2n) is 7.62. The molecule has 0 aliphatic rings. The van der Waals surface area contributed by atoms with Crippen molar-refractivity contribution in [2.45, 2.75) is 32.9 Å². The number of anilines is 1. The van der Waals surface area contributed by atoms with Gasteiger partial charge in [0.1, 0.15) is 18.5 Å². The number of pyridine rings is 1. The Kier molecular flexibility index (Phi) is 7.55. The molecular weight excluding hydrogens is 436 g/mol. The molecule has 3 aromatic rings. The zero-order valence-electron chi connectivity index (χ0n) is 18.7. The Balaban J connectivity index is 1.92. The molecule has 10 heteroatoms. The summed E-state index contributed by atoms with van der Waals surface area (Å²) in [5, 5.41) is 22.8. The molecule has 0 aliphatic carbocycles. The van der Waals surface area contributed by atoms with Crippen LogP contribution in [0.15, 0.2) is 28.8 Å². The molecule has 0 saturated heterocycles. The molecule has 9 nitrogen and oxygen atoms in total. The van der Waals surface area contributed by atoms with Crippen LogP contribution in [0.4, 0.5) is 5.82 Å². The number of aromatic nitrogens is 3. The summed E-state index contributed by atoms with van der Waals surface area (Å²) in [4.78, 5) is 11.2. The Bertz CT molecular complexity index is 1070. The zero-order chi connectivity index (χ0) is 23.4. The lowest BCUT2D eigenvalue weighted by molar-refractivity contribution is 0.0528. The van der Waals surface area contributed by atoms with Gasteiger partial charge in [-0.15, -0.1) is 0 Å². The third-order valence-corrected chi connectivity index (χ3v) is 5.15. The SMILES string of the molecule is COc1cc(-c2noc(-c3cc(C)nc(N(C)C(C)C)c3)n2)cc(Cl)c1OC[C@@H](O)CO. The van der Waals surface area contributed by atoms with E-state index in [0.29, 0.717) is 23.0 Å². The number of benzene rings is 1. The number of rotatable bonds is 9. The lowest BCUT2D eigenvalue weighted by Crippen LogP contribution is -2.26. The molecule has 0 aliphatic heterocycles. The predicted octanol–water partition coefficient (Wildman–Crippen LogP) is 3.35. The first-order chi connectivity index (χ1) is 15.2. The first-order valence-corrected chi connectivity index (χ1v) is 10.5. The molecule has 0 radical (unpaired) electrons. The summed E-state index contributed by atoms with van der Waals surface area (Å²) in [6.07, 6.45) is -1.03. The molecule has 0 amide bonds. The number of hydrogen-bond acceptors (Lipinski definition) is 9. The first kappa shape index (κ1) is 23.8. The fraction of sp³-hybridized carbons (Fsp3) is 0.409. The fourth-order valence-electron chi connectivity index (χ4n) is 2.90. The van der Waals surface area contributed by atoms with Gasteiger partial charge in [0, 0.05) is 29.9 Å². The van der Waals surface area contributed by atoms with Crippen molar-refractivity contribution in [2.75, 3.05) is 32.3 Å². The van der Waals surface area contributed by atoms with Crippen LogP contribution in [0.2, 0.25) is 5.02 Å². The van der Waals surface area contributed by atoms with Gasteiger partial charge in [0.15, 0.2) is 11.5 Å². The molecule has 2 N–H and O–H groups in total. The molecule has 1 atom stereocenters. The largest absolute Gasteiger partial charge is 0.493 e. The Hall–Kier alpha value is -2.88. The quantitative estimate of drug-likeness (QED) is 0.494. The van der Waals surface area contributed by atoms with Crippen molar-refractivity contribution in [3.63, 3.8) is 0 Å². The Morgan fingerprint density at radius 1 is 1.16 bits per heavy atom. The van der Waals surface area contributed by atoms with Gasteiger partial charge in [-0.1, -0.05) is 16.8 Å². The first-order valence-electron chi connectivity index (χ1n) is 10.1. The fourth-order valence-corrected chi connectivity index (χ4v) is 3.16. The molecule has 32 heavy (non-hydrogen) atoms. The van der Waals surface area contributed by atoms with Crippen molar-refractivity contribution in [2.24, 2.45) is 0 Å². The lowest BCUT2D eigenvalue weighted by Gasteiger charge is -2.23. The van der Waals surface area contributed by atoms with Crippen molar-refractivity contribution < 1.29 is 24.2 Å². The minimum absolute atomic E-state index is 0.132. The van der Waals surface area contributed by atoms with E-state index in [-0.39, 0.29) is 23.4 Å². The van der Waals surface area contributed by atoms with Crippen LogP contribution in [0.25, 0.3) is 22.8 Å². The molecule has 172 valence electrons. The van der Waals surface area contributed by atoms with Crippen LogP contribution in [0.3, 0.4) is 0 Å². The van der Waals surface area contributed by atoms with Crippen LogP contribution >= 0.6 is 11.6 Å². The molecule has 3 rings (SSSR count). The molecular formula is C22H27ClN4O5. The van der Waals surface area contributed by atoms with Crippen molar-refractivity contribution in [3.8, 4) is 34.3 Å². The maximum absolute atomic E-state index is 9.52. The van der Waals surface area contributed by atoms with E-state index in [9.17, 15) is 5.11 Å². The molecule has 0 fully saturated rings. The molecule has 0 saturated carbocycles. The summed E-state index contributed by atoms with van der Waals surface area (Å²) >= 11 is 6.37. The third-order valence-electron chi connectivity index (χ3n) is 4.87. The number of ether oxygens (including phenoxy) is 2. The molecule has 0 bridgehead atoms. The number of nitrogens with zero attached hydrogens (tertiary/aromatic N) is 4. The average molecular weight is 463 g/mol. The van der Waals surface area contributed by atoms with Gasteiger partial charge < -0.3 is 29.1 Å². The van der Waals surface area contributed by atoms with Gasteiger partial charge in [-0.3, -0.25) is 0 Å². The number of halogens is 1. The highest BCUT2D eigenvalue weighted by molar-refractivity contribution is 6.32. The summed E-state index contributed by atoms with van der Waals surface area (Å²) in [5.74, 6) is 2.08. The van der Waals surface area contributed by atoms with Crippen LogP contribution in [-0.4, -0.2) is 64.9 Å². The van der Waals surface area contributed by atoms with E-state index in [2.05, 4.69) is 33.9 Å². The monoisotopic (exact) mass is 462 g/mol. The van der Waals surface area contributed by atoms with Gasteiger partial charge >= 0.3 is 0 Å². The van der Waals surface area contributed by atoms with Gasteiger partial charge in [0.05, 0.1) is 18.7 Å². The van der Waals surface area contributed by atoms with E-state index in [1.54, 1.807) is 12.1 Å². The van der Waals surface area contributed by atoms with E-state index < -0.39 is 12.7 Å². The van der Waals surface area contributed by atoms with Crippen molar-refractivity contribution in [1.29, 1.82) is 0 Å². The third kappa shape index (κ3) is 5.29. The summed E-state index contributed by atoms with van der Waals surface area (Å²) < 4.78 is 16.4. The van der Waals surface area contributed by atoms with Gasteiger partial charge in [-0.05, 0) is 45.0 Å². The molecule has 0 spiro atoms. The Morgan fingerprint density at radius 2 is 1.91 bits per heavy atom. The molecule has 2 heterocycles.